The zero-order valence-corrected chi connectivity index (χ0v) is 22.6. The molecule has 3 aromatic rings. The number of methoxy groups -OCH3 is 1. The fourth-order valence-corrected chi connectivity index (χ4v) is 4.60. The number of halogens is 1. The van der Waals surface area contributed by atoms with Gasteiger partial charge in [0.2, 0.25) is 0 Å². The van der Waals surface area contributed by atoms with Crippen molar-refractivity contribution in [1.29, 1.82) is 0 Å². The first kappa shape index (κ1) is 27.6. The van der Waals surface area contributed by atoms with E-state index in [4.69, 9.17) is 14.6 Å². The lowest BCUT2D eigenvalue weighted by Gasteiger charge is -2.28. The molecule has 2 aliphatic carbocycles. The highest BCUT2D eigenvalue weighted by Crippen LogP contribution is 2.47. The molecule has 0 heterocycles. The van der Waals surface area contributed by atoms with Gasteiger partial charge in [-0.05, 0) is 91.9 Å². The van der Waals surface area contributed by atoms with E-state index in [1.807, 2.05) is 36.4 Å². The molecule has 0 amide bonds. The summed E-state index contributed by atoms with van der Waals surface area (Å²) < 4.78 is 26.4. The SMILES string of the molecule is C1CC1.COc1ccc(F)c(-c2ccc(COc3cccc(CCC(=O)O)c3)cc2C(C2CC2)N(C)C)c1. The van der Waals surface area contributed by atoms with E-state index in [1.54, 1.807) is 19.2 Å². The Morgan fingerprint density at radius 2 is 1.74 bits per heavy atom. The number of hydrogen-bond acceptors (Lipinski definition) is 4. The van der Waals surface area contributed by atoms with Crippen LogP contribution in [0.3, 0.4) is 0 Å². The van der Waals surface area contributed by atoms with Crippen LogP contribution < -0.4 is 9.47 Å². The summed E-state index contributed by atoms with van der Waals surface area (Å²) in [5.74, 6) is 0.767. The molecule has 0 bridgehead atoms. The third kappa shape index (κ3) is 7.81. The molecule has 0 saturated heterocycles. The van der Waals surface area contributed by atoms with Crippen LogP contribution in [0.2, 0.25) is 0 Å². The van der Waals surface area contributed by atoms with Crippen LogP contribution in [-0.4, -0.2) is 37.2 Å². The van der Waals surface area contributed by atoms with Gasteiger partial charge in [-0.25, -0.2) is 4.39 Å². The topological polar surface area (TPSA) is 59.0 Å². The Labute approximate surface area is 225 Å². The molecule has 2 fully saturated rings. The summed E-state index contributed by atoms with van der Waals surface area (Å²) in [4.78, 5) is 13.1. The molecule has 1 atom stereocenters. The fraction of sp³-hybridized carbons (Fsp3) is 0.406. The number of hydrogen-bond donors (Lipinski definition) is 1. The third-order valence-corrected chi connectivity index (χ3v) is 6.81. The molecule has 1 unspecified atom stereocenters. The molecule has 5 nitrogen and oxygen atoms in total. The number of ether oxygens (including phenoxy) is 2. The van der Waals surface area contributed by atoms with Crippen molar-refractivity contribution in [3.63, 3.8) is 0 Å². The van der Waals surface area contributed by atoms with Gasteiger partial charge in [-0.2, -0.15) is 0 Å². The van der Waals surface area contributed by atoms with Crippen molar-refractivity contribution in [2.24, 2.45) is 5.92 Å². The number of carboxylic acid groups (broad SMARTS) is 1. The van der Waals surface area contributed by atoms with Gasteiger partial charge >= 0.3 is 5.97 Å². The molecular weight excluding hydrogens is 481 g/mol. The van der Waals surface area contributed by atoms with E-state index in [1.165, 1.54) is 25.3 Å². The summed E-state index contributed by atoms with van der Waals surface area (Å²) >= 11 is 0. The van der Waals surface area contributed by atoms with Gasteiger partial charge in [-0.15, -0.1) is 0 Å². The lowest BCUT2D eigenvalue weighted by molar-refractivity contribution is -0.136. The highest BCUT2D eigenvalue weighted by atomic mass is 19.1. The molecule has 2 saturated carbocycles. The first-order chi connectivity index (χ1) is 18.4. The molecule has 0 aliphatic heterocycles. The van der Waals surface area contributed by atoms with Crippen molar-refractivity contribution in [1.82, 2.24) is 4.90 Å². The molecule has 1 N–H and O–H groups in total. The number of aliphatic carboxylic acids is 1. The van der Waals surface area contributed by atoms with Crippen LogP contribution in [0, 0.1) is 11.7 Å². The van der Waals surface area contributed by atoms with E-state index in [2.05, 4.69) is 25.1 Å². The molecule has 2 aliphatic rings. The van der Waals surface area contributed by atoms with E-state index in [0.717, 1.165) is 35.1 Å². The van der Waals surface area contributed by atoms with Crippen LogP contribution in [0.4, 0.5) is 4.39 Å². The minimum Gasteiger partial charge on any atom is -0.497 e. The van der Waals surface area contributed by atoms with E-state index in [-0.39, 0.29) is 18.3 Å². The predicted octanol–water partition coefficient (Wildman–Crippen LogP) is 7.28. The maximum atomic E-state index is 14.9. The Hall–Kier alpha value is -3.38. The number of nitrogens with zero attached hydrogens (tertiary/aromatic N) is 1. The largest absolute Gasteiger partial charge is 0.497 e. The van der Waals surface area contributed by atoms with Crippen molar-refractivity contribution in [3.8, 4) is 22.6 Å². The first-order valence-corrected chi connectivity index (χ1v) is 13.4. The minimum absolute atomic E-state index is 0.0855. The van der Waals surface area contributed by atoms with Gasteiger partial charge in [0, 0.05) is 18.0 Å². The third-order valence-electron chi connectivity index (χ3n) is 6.81. The summed E-state index contributed by atoms with van der Waals surface area (Å²) in [7, 11) is 5.73. The molecule has 0 radical (unpaired) electrons. The average molecular weight is 520 g/mol. The smallest absolute Gasteiger partial charge is 0.303 e. The van der Waals surface area contributed by atoms with Gasteiger partial charge in [-0.1, -0.05) is 49.6 Å². The number of carboxylic acids is 1. The zero-order chi connectivity index (χ0) is 27.1. The van der Waals surface area contributed by atoms with Gasteiger partial charge in [-0.3, -0.25) is 4.79 Å². The highest BCUT2D eigenvalue weighted by molar-refractivity contribution is 5.71. The van der Waals surface area contributed by atoms with Crippen LogP contribution >= 0.6 is 0 Å². The fourth-order valence-electron chi connectivity index (χ4n) is 4.60. The Balaban J connectivity index is 0.00000105. The number of carbonyl (C=O) groups is 1. The lowest BCUT2D eigenvalue weighted by atomic mass is 9.90. The van der Waals surface area contributed by atoms with E-state index in [0.29, 0.717) is 36.0 Å². The number of aryl methyl sites for hydroxylation is 1. The Kier molecular flexibility index (Phi) is 9.40. The van der Waals surface area contributed by atoms with E-state index in [9.17, 15) is 9.18 Å². The van der Waals surface area contributed by atoms with Crippen molar-refractivity contribution in [3.05, 3.63) is 83.2 Å². The second kappa shape index (κ2) is 12.9. The maximum absolute atomic E-state index is 14.9. The Morgan fingerprint density at radius 3 is 2.37 bits per heavy atom. The summed E-state index contributed by atoms with van der Waals surface area (Å²) in [6.45, 7) is 0.362. The molecule has 38 heavy (non-hydrogen) atoms. The monoisotopic (exact) mass is 519 g/mol. The van der Waals surface area contributed by atoms with E-state index >= 15 is 0 Å². The summed E-state index contributed by atoms with van der Waals surface area (Å²) in [6, 6.07) is 18.6. The Bertz CT molecular complexity index is 1230. The van der Waals surface area contributed by atoms with E-state index < -0.39 is 5.97 Å². The van der Waals surface area contributed by atoms with Crippen LogP contribution in [0.5, 0.6) is 11.5 Å². The Morgan fingerprint density at radius 1 is 0.974 bits per heavy atom. The number of benzene rings is 3. The lowest BCUT2D eigenvalue weighted by Crippen LogP contribution is -2.22. The molecule has 0 aromatic heterocycles. The summed E-state index contributed by atoms with van der Waals surface area (Å²) in [5, 5.41) is 8.94. The highest BCUT2D eigenvalue weighted by Gasteiger charge is 2.35. The van der Waals surface area contributed by atoms with Gasteiger partial charge < -0.3 is 19.5 Å². The number of rotatable bonds is 11. The van der Waals surface area contributed by atoms with Crippen LogP contribution in [-0.2, 0) is 17.8 Å². The molecule has 0 spiro atoms. The normalized spacial score (nSPS) is 14.9. The van der Waals surface area contributed by atoms with Crippen LogP contribution in [0.1, 0.15) is 61.3 Å². The first-order valence-electron chi connectivity index (χ1n) is 13.4. The maximum Gasteiger partial charge on any atom is 0.303 e. The van der Waals surface area contributed by atoms with Gasteiger partial charge in [0.1, 0.15) is 23.9 Å². The molecule has 3 aromatic carbocycles. The molecule has 202 valence electrons. The van der Waals surface area contributed by atoms with Crippen LogP contribution in [0.15, 0.2) is 60.7 Å². The minimum atomic E-state index is -0.817. The second-order valence-electron chi connectivity index (χ2n) is 10.4. The second-order valence-corrected chi connectivity index (χ2v) is 10.4. The van der Waals surface area contributed by atoms with Gasteiger partial charge in [0.25, 0.3) is 0 Å². The van der Waals surface area contributed by atoms with Crippen molar-refractivity contribution in [2.75, 3.05) is 21.2 Å². The van der Waals surface area contributed by atoms with Crippen molar-refractivity contribution >= 4 is 5.97 Å². The van der Waals surface area contributed by atoms with Crippen molar-refractivity contribution in [2.45, 2.75) is 57.6 Å². The van der Waals surface area contributed by atoms with Gasteiger partial charge in [0.15, 0.2) is 0 Å². The molecule has 6 heteroatoms. The average Bonchev–Trinajstić information content (AvgIpc) is 3.81. The quantitative estimate of drug-likeness (QED) is 0.288. The van der Waals surface area contributed by atoms with Gasteiger partial charge in [0.05, 0.1) is 7.11 Å². The van der Waals surface area contributed by atoms with Crippen molar-refractivity contribution < 1.29 is 23.8 Å². The summed E-state index contributed by atoms with van der Waals surface area (Å²) in [6.07, 6.45) is 7.37. The molecule has 5 rings (SSSR count). The zero-order valence-electron chi connectivity index (χ0n) is 22.6. The molecular formula is C32H38FNO4. The standard InChI is InChI=1S/C29H32FNO4.C3H6/c1-31(2)29(21-9-10-21)26-16-20(7-12-24(26)25-17-22(34-3)11-13-27(25)30)18-35-23-6-4-5-19(15-23)8-14-28(32)33;1-2-3-1/h4-7,11-13,15-17,21,29H,8-10,14,18H2,1-3H3,(H,32,33);1-3H2. The predicted molar refractivity (Wildman–Crippen MR) is 148 cm³/mol. The van der Waals surface area contributed by atoms with Crippen LogP contribution in [0.25, 0.3) is 11.1 Å². The summed E-state index contributed by atoms with van der Waals surface area (Å²) in [5.41, 5.74) is 4.41.